The van der Waals surface area contributed by atoms with Crippen LogP contribution in [0.5, 0.6) is 11.5 Å². The second-order valence-electron chi connectivity index (χ2n) is 6.51. The number of para-hydroxylation sites is 1. The Bertz CT molecular complexity index is 595. The number of aliphatic hydroxyl groups is 1. The Morgan fingerprint density at radius 1 is 1.29 bits per heavy atom. The van der Waals surface area contributed by atoms with E-state index >= 15 is 0 Å². The van der Waals surface area contributed by atoms with E-state index < -0.39 is 0 Å². The predicted octanol–water partition coefficient (Wildman–Crippen LogP) is 1.85. The Labute approximate surface area is 142 Å². The fourth-order valence-corrected chi connectivity index (χ4v) is 3.69. The molecule has 0 saturated carbocycles. The fourth-order valence-electron chi connectivity index (χ4n) is 3.69. The zero-order chi connectivity index (χ0) is 17.2. The van der Waals surface area contributed by atoms with Crippen LogP contribution in [0.2, 0.25) is 0 Å². The number of benzene rings is 1. The molecule has 1 aromatic rings. The minimum absolute atomic E-state index is 0.0584. The van der Waals surface area contributed by atoms with Crippen molar-refractivity contribution in [2.45, 2.75) is 37.4 Å². The lowest BCUT2D eigenvalue weighted by Gasteiger charge is -2.45. The van der Waals surface area contributed by atoms with E-state index in [9.17, 15) is 9.90 Å². The molecule has 0 bridgehead atoms. The van der Waals surface area contributed by atoms with Crippen LogP contribution in [0.25, 0.3) is 0 Å². The molecule has 6 nitrogen and oxygen atoms in total. The molecule has 3 rings (SSSR count). The van der Waals surface area contributed by atoms with Crippen LogP contribution in [0.4, 0.5) is 0 Å². The number of rotatable bonds is 3. The maximum Gasteiger partial charge on any atom is 0.257 e. The van der Waals surface area contributed by atoms with E-state index in [4.69, 9.17) is 14.2 Å². The molecule has 2 heterocycles. The molecule has 1 N–H and O–H groups in total. The second-order valence-corrected chi connectivity index (χ2v) is 6.51. The van der Waals surface area contributed by atoms with Crippen LogP contribution in [-0.4, -0.2) is 61.5 Å². The minimum Gasteiger partial charge on any atom is -0.493 e. The number of ether oxygens (including phenoxy) is 3. The van der Waals surface area contributed by atoms with Gasteiger partial charge >= 0.3 is 0 Å². The third-order valence-corrected chi connectivity index (χ3v) is 5.06. The van der Waals surface area contributed by atoms with Gasteiger partial charge in [0.15, 0.2) is 11.5 Å². The SMILES string of the molecule is COc1cccc(C(=O)N2CCC3(CC2)CC(O)CCO3)c1OC. The highest BCUT2D eigenvalue weighted by atomic mass is 16.5. The summed E-state index contributed by atoms with van der Waals surface area (Å²) < 4.78 is 16.6. The topological polar surface area (TPSA) is 68.2 Å². The summed E-state index contributed by atoms with van der Waals surface area (Å²) in [6, 6.07) is 5.33. The summed E-state index contributed by atoms with van der Waals surface area (Å²) in [6.45, 7) is 1.83. The summed E-state index contributed by atoms with van der Waals surface area (Å²) in [5.74, 6) is 0.960. The summed E-state index contributed by atoms with van der Waals surface area (Å²) in [7, 11) is 3.10. The van der Waals surface area contributed by atoms with E-state index in [1.807, 2.05) is 4.90 Å². The van der Waals surface area contributed by atoms with Crippen molar-refractivity contribution in [2.75, 3.05) is 33.9 Å². The molecule has 0 aromatic heterocycles. The van der Waals surface area contributed by atoms with Crippen LogP contribution in [0.3, 0.4) is 0 Å². The van der Waals surface area contributed by atoms with Gasteiger partial charge in [-0.25, -0.2) is 0 Å². The van der Waals surface area contributed by atoms with Crippen molar-refractivity contribution in [3.05, 3.63) is 23.8 Å². The van der Waals surface area contributed by atoms with Gasteiger partial charge in [-0.05, 0) is 31.4 Å². The lowest BCUT2D eigenvalue weighted by Crippen LogP contribution is -2.51. The zero-order valence-corrected chi connectivity index (χ0v) is 14.3. The normalized spacial score (nSPS) is 23.1. The van der Waals surface area contributed by atoms with E-state index in [-0.39, 0.29) is 17.6 Å². The predicted molar refractivity (Wildman–Crippen MR) is 88.6 cm³/mol. The molecule has 2 fully saturated rings. The number of hydrogen-bond donors (Lipinski definition) is 1. The summed E-state index contributed by atoms with van der Waals surface area (Å²) >= 11 is 0. The van der Waals surface area contributed by atoms with Crippen molar-refractivity contribution in [3.63, 3.8) is 0 Å². The Hall–Kier alpha value is -1.79. The Balaban J connectivity index is 1.72. The van der Waals surface area contributed by atoms with Crippen LogP contribution in [-0.2, 0) is 4.74 Å². The molecule has 6 heteroatoms. The highest BCUT2D eigenvalue weighted by molar-refractivity contribution is 5.97. The molecule has 24 heavy (non-hydrogen) atoms. The van der Waals surface area contributed by atoms with Crippen molar-refractivity contribution in [1.29, 1.82) is 0 Å². The monoisotopic (exact) mass is 335 g/mol. The third-order valence-electron chi connectivity index (χ3n) is 5.06. The average Bonchev–Trinajstić information content (AvgIpc) is 2.61. The smallest absolute Gasteiger partial charge is 0.257 e. The number of amides is 1. The van der Waals surface area contributed by atoms with Gasteiger partial charge in [0.05, 0.1) is 31.5 Å². The van der Waals surface area contributed by atoms with Gasteiger partial charge in [0.1, 0.15) is 0 Å². The summed E-state index contributed by atoms with van der Waals surface area (Å²) in [6.07, 6.45) is 2.58. The van der Waals surface area contributed by atoms with Gasteiger partial charge < -0.3 is 24.2 Å². The van der Waals surface area contributed by atoms with E-state index in [2.05, 4.69) is 0 Å². The number of carbonyl (C=O) groups excluding carboxylic acids is 1. The quantitative estimate of drug-likeness (QED) is 0.913. The molecule has 1 unspecified atom stereocenters. The Morgan fingerprint density at radius 3 is 2.67 bits per heavy atom. The van der Waals surface area contributed by atoms with Gasteiger partial charge in [0, 0.05) is 26.1 Å². The van der Waals surface area contributed by atoms with Gasteiger partial charge in [0.2, 0.25) is 0 Å². The largest absolute Gasteiger partial charge is 0.493 e. The first-order valence-corrected chi connectivity index (χ1v) is 8.41. The van der Waals surface area contributed by atoms with Crippen LogP contribution in [0.15, 0.2) is 18.2 Å². The number of aliphatic hydroxyl groups excluding tert-OH is 1. The number of methoxy groups -OCH3 is 2. The summed E-state index contributed by atoms with van der Waals surface area (Å²) in [4.78, 5) is 14.7. The molecular formula is C18H25NO5. The van der Waals surface area contributed by atoms with Gasteiger partial charge in [-0.15, -0.1) is 0 Å². The van der Waals surface area contributed by atoms with Crippen molar-refractivity contribution < 1.29 is 24.1 Å². The molecule has 132 valence electrons. The van der Waals surface area contributed by atoms with Crippen LogP contribution < -0.4 is 9.47 Å². The van der Waals surface area contributed by atoms with E-state index in [1.165, 1.54) is 7.11 Å². The molecule has 1 amide bonds. The van der Waals surface area contributed by atoms with Crippen molar-refractivity contribution in [1.82, 2.24) is 4.90 Å². The highest BCUT2D eigenvalue weighted by Crippen LogP contribution is 2.37. The van der Waals surface area contributed by atoms with E-state index in [0.717, 1.165) is 12.8 Å². The van der Waals surface area contributed by atoms with Gasteiger partial charge in [-0.2, -0.15) is 0 Å². The first kappa shape index (κ1) is 17.0. The van der Waals surface area contributed by atoms with E-state index in [1.54, 1.807) is 25.3 Å². The molecular weight excluding hydrogens is 310 g/mol. The number of likely N-dealkylation sites (tertiary alicyclic amines) is 1. The first-order valence-electron chi connectivity index (χ1n) is 8.41. The van der Waals surface area contributed by atoms with Crippen LogP contribution in [0.1, 0.15) is 36.0 Å². The Kier molecular flexibility index (Phi) is 4.96. The van der Waals surface area contributed by atoms with E-state index in [0.29, 0.717) is 49.6 Å². The van der Waals surface area contributed by atoms with Crippen molar-refractivity contribution in [3.8, 4) is 11.5 Å². The second kappa shape index (κ2) is 6.99. The fraction of sp³-hybridized carbons (Fsp3) is 0.611. The first-order chi connectivity index (χ1) is 11.6. The number of nitrogens with zero attached hydrogens (tertiary/aromatic N) is 1. The third kappa shape index (κ3) is 3.21. The minimum atomic E-state index is -0.292. The molecule has 2 saturated heterocycles. The molecule has 0 radical (unpaired) electrons. The number of carbonyl (C=O) groups is 1. The number of piperidine rings is 1. The van der Waals surface area contributed by atoms with Crippen molar-refractivity contribution in [2.24, 2.45) is 0 Å². The number of hydrogen-bond acceptors (Lipinski definition) is 5. The molecule has 2 aliphatic rings. The maximum atomic E-state index is 12.9. The summed E-state index contributed by atoms with van der Waals surface area (Å²) in [5.41, 5.74) is 0.241. The zero-order valence-electron chi connectivity index (χ0n) is 14.3. The van der Waals surface area contributed by atoms with Crippen LogP contribution >= 0.6 is 0 Å². The molecule has 1 spiro atoms. The van der Waals surface area contributed by atoms with Gasteiger partial charge in [-0.1, -0.05) is 6.07 Å². The van der Waals surface area contributed by atoms with Gasteiger partial charge in [0.25, 0.3) is 5.91 Å². The standard InChI is InChI=1S/C18H25NO5/c1-22-15-5-3-4-14(16(15)23-2)17(21)19-9-7-18(8-10-19)12-13(20)6-11-24-18/h3-5,13,20H,6-12H2,1-2H3. The lowest BCUT2D eigenvalue weighted by atomic mass is 9.83. The molecule has 0 aliphatic carbocycles. The lowest BCUT2D eigenvalue weighted by molar-refractivity contribution is -0.139. The summed E-state index contributed by atoms with van der Waals surface area (Å²) in [5, 5.41) is 9.91. The molecule has 1 atom stereocenters. The maximum absolute atomic E-state index is 12.9. The molecule has 2 aliphatic heterocycles. The van der Waals surface area contributed by atoms with Gasteiger partial charge in [-0.3, -0.25) is 4.79 Å². The average molecular weight is 335 g/mol. The molecule has 1 aromatic carbocycles. The highest BCUT2D eigenvalue weighted by Gasteiger charge is 2.41. The van der Waals surface area contributed by atoms with Crippen molar-refractivity contribution >= 4 is 5.91 Å². The van der Waals surface area contributed by atoms with Crippen LogP contribution in [0, 0.1) is 0 Å². The Morgan fingerprint density at radius 2 is 2.04 bits per heavy atom.